The van der Waals surface area contributed by atoms with Crippen LogP contribution in [0.3, 0.4) is 0 Å². The Hall–Kier alpha value is -2.92. The number of carbonyl (C=O) groups is 1. The number of piperidine rings is 1. The summed E-state index contributed by atoms with van der Waals surface area (Å²) in [5.41, 5.74) is 2.00. The number of carbonyl (C=O) groups excluding carboxylic acids is 1. The van der Waals surface area contributed by atoms with Crippen molar-refractivity contribution in [2.45, 2.75) is 57.1 Å². The predicted octanol–water partition coefficient (Wildman–Crippen LogP) is 4.59. The van der Waals surface area contributed by atoms with E-state index in [0.717, 1.165) is 11.3 Å². The van der Waals surface area contributed by atoms with Gasteiger partial charge in [-0.2, -0.15) is 0 Å². The van der Waals surface area contributed by atoms with Gasteiger partial charge in [0, 0.05) is 37.7 Å². The van der Waals surface area contributed by atoms with E-state index in [0.29, 0.717) is 39.0 Å². The maximum Gasteiger partial charge on any atom is 0.223 e. The van der Waals surface area contributed by atoms with Gasteiger partial charge in [-0.05, 0) is 43.4 Å². The van der Waals surface area contributed by atoms with Crippen LogP contribution in [0.25, 0.3) is 0 Å². The molecule has 2 heterocycles. The van der Waals surface area contributed by atoms with Crippen molar-refractivity contribution in [1.29, 1.82) is 0 Å². The molecular formula is C28H35N3O2. The number of β-amino-alcohol motifs (C(OH)–C–C–N with tert-alkyl or cyclic N) is 1. The van der Waals surface area contributed by atoms with E-state index in [9.17, 15) is 9.90 Å². The number of benzene rings is 2. The van der Waals surface area contributed by atoms with E-state index in [4.69, 9.17) is 4.99 Å². The van der Waals surface area contributed by atoms with Crippen LogP contribution < -0.4 is 0 Å². The zero-order valence-corrected chi connectivity index (χ0v) is 19.9. The van der Waals surface area contributed by atoms with Gasteiger partial charge in [-0.25, -0.2) is 0 Å². The molecule has 0 saturated carbocycles. The van der Waals surface area contributed by atoms with Gasteiger partial charge in [-0.3, -0.25) is 9.79 Å². The summed E-state index contributed by atoms with van der Waals surface area (Å²) in [5, 5.41) is 11.4. The van der Waals surface area contributed by atoms with Gasteiger partial charge < -0.3 is 14.9 Å². The van der Waals surface area contributed by atoms with Crippen molar-refractivity contribution >= 4 is 11.6 Å². The Balaban J connectivity index is 1.35. The molecule has 1 saturated heterocycles. The Morgan fingerprint density at radius 1 is 1.09 bits per heavy atom. The first-order valence-corrected chi connectivity index (χ1v) is 11.9. The topological polar surface area (TPSA) is 56.1 Å². The van der Waals surface area contributed by atoms with Crippen LogP contribution in [0.4, 0.5) is 0 Å². The molecule has 2 aromatic rings. The monoisotopic (exact) mass is 445 g/mol. The smallest absolute Gasteiger partial charge is 0.223 e. The van der Waals surface area contributed by atoms with Crippen molar-refractivity contribution in [2.24, 2.45) is 4.99 Å². The fraction of sp³-hybridized carbons (Fsp3) is 0.429. The second kappa shape index (κ2) is 9.52. The SMILES string of the molecule is CC(CC(=O)N1CC[C@@](O)(CN2C=CC(c3ccccc3)=NC2)CC1(C)C)c1ccccc1. The van der Waals surface area contributed by atoms with Crippen LogP contribution in [0.5, 0.6) is 0 Å². The Kier molecular flexibility index (Phi) is 6.71. The van der Waals surface area contributed by atoms with Crippen LogP contribution in [-0.4, -0.2) is 57.4 Å². The summed E-state index contributed by atoms with van der Waals surface area (Å²) in [5.74, 6) is 0.332. The normalized spacial score (nSPS) is 23.2. The van der Waals surface area contributed by atoms with E-state index >= 15 is 0 Å². The van der Waals surface area contributed by atoms with Gasteiger partial charge >= 0.3 is 0 Å². The number of hydrogen-bond acceptors (Lipinski definition) is 4. The van der Waals surface area contributed by atoms with Crippen molar-refractivity contribution in [3.05, 3.63) is 84.1 Å². The van der Waals surface area contributed by atoms with Crippen molar-refractivity contribution in [3.63, 3.8) is 0 Å². The summed E-state index contributed by atoms with van der Waals surface area (Å²) >= 11 is 0. The van der Waals surface area contributed by atoms with E-state index in [-0.39, 0.29) is 11.8 Å². The van der Waals surface area contributed by atoms with Gasteiger partial charge in [0.1, 0.15) is 6.67 Å². The predicted molar refractivity (Wildman–Crippen MR) is 133 cm³/mol. The van der Waals surface area contributed by atoms with E-state index in [1.807, 2.05) is 53.6 Å². The van der Waals surface area contributed by atoms with E-state index in [1.54, 1.807) is 0 Å². The molecule has 1 amide bonds. The van der Waals surface area contributed by atoms with Gasteiger partial charge in [0.25, 0.3) is 0 Å². The average molecular weight is 446 g/mol. The van der Waals surface area contributed by atoms with Crippen molar-refractivity contribution < 1.29 is 9.90 Å². The number of rotatable bonds is 6. The number of amides is 1. The fourth-order valence-electron chi connectivity index (χ4n) is 5.20. The lowest BCUT2D eigenvalue weighted by Crippen LogP contribution is -2.60. The lowest BCUT2D eigenvalue weighted by atomic mass is 9.78. The summed E-state index contributed by atoms with van der Waals surface area (Å²) in [7, 11) is 0. The molecule has 33 heavy (non-hydrogen) atoms. The molecule has 1 unspecified atom stereocenters. The number of aliphatic imine (C=N–C) groups is 1. The molecule has 0 bridgehead atoms. The van der Waals surface area contributed by atoms with Crippen molar-refractivity contribution in [2.75, 3.05) is 19.8 Å². The third kappa shape index (κ3) is 5.53. The molecular weight excluding hydrogens is 410 g/mol. The first kappa shape index (κ1) is 23.2. The minimum absolute atomic E-state index is 0.161. The highest BCUT2D eigenvalue weighted by Crippen LogP contribution is 2.36. The maximum atomic E-state index is 13.2. The molecule has 1 fully saturated rings. The highest BCUT2D eigenvalue weighted by atomic mass is 16.3. The van der Waals surface area contributed by atoms with Gasteiger partial charge in [0.05, 0.1) is 11.3 Å². The Morgan fingerprint density at radius 3 is 2.36 bits per heavy atom. The number of allylic oxidation sites excluding steroid dienone is 1. The molecule has 0 aliphatic carbocycles. The minimum Gasteiger partial charge on any atom is -0.388 e. The quantitative estimate of drug-likeness (QED) is 0.708. The van der Waals surface area contributed by atoms with Gasteiger partial charge in [-0.15, -0.1) is 0 Å². The summed E-state index contributed by atoms with van der Waals surface area (Å²) in [6.07, 6.45) is 5.64. The Morgan fingerprint density at radius 2 is 1.76 bits per heavy atom. The van der Waals surface area contributed by atoms with Crippen molar-refractivity contribution in [3.8, 4) is 0 Å². The largest absolute Gasteiger partial charge is 0.388 e. The molecule has 174 valence electrons. The molecule has 2 aromatic carbocycles. The van der Waals surface area contributed by atoms with Crippen LogP contribution in [0.2, 0.25) is 0 Å². The first-order chi connectivity index (χ1) is 15.8. The highest BCUT2D eigenvalue weighted by molar-refractivity contribution is 6.08. The molecule has 5 heteroatoms. The third-order valence-electron chi connectivity index (χ3n) is 6.88. The molecule has 1 N–H and O–H groups in total. The molecule has 0 radical (unpaired) electrons. The number of aliphatic hydroxyl groups is 1. The van der Waals surface area contributed by atoms with E-state index < -0.39 is 11.1 Å². The standard InChI is InChI=1S/C28H35N3O2/c1-22(23-10-6-4-7-11-23)18-26(32)31-17-15-28(33,19-27(31,2)3)20-30-16-14-25(29-21-30)24-12-8-5-9-13-24/h4-14,16,22,33H,15,17-21H2,1-3H3/t22?,28-/m0/s1. The van der Waals surface area contributed by atoms with Crippen LogP contribution >= 0.6 is 0 Å². The average Bonchev–Trinajstić information content (AvgIpc) is 2.79. The number of hydrogen-bond donors (Lipinski definition) is 1. The van der Waals surface area contributed by atoms with Crippen LogP contribution in [-0.2, 0) is 4.79 Å². The van der Waals surface area contributed by atoms with Crippen LogP contribution in [0, 0.1) is 0 Å². The van der Waals surface area contributed by atoms with Gasteiger partial charge in [-0.1, -0.05) is 67.6 Å². The zero-order chi connectivity index (χ0) is 23.5. The van der Waals surface area contributed by atoms with Crippen LogP contribution in [0.15, 0.2) is 77.9 Å². The third-order valence-corrected chi connectivity index (χ3v) is 6.88. The number of likely N-dealkylation sites (tertiary alicyclic amines) is 1. The minimum atomic E-state index is -0.852. The van der Waals surface area contributed by atoms with Gasteiger partial charge in [0.15, 0.2) is 0 Å². The molecule has 2 aliphatic heterocycles. The second-order valence-corrected chi connectivity index (χ2v) is 10.1. The zero-order valence-electron chi connectivity index (χ0n) is 19.9. The molecule has 4 rings (SSSR count). The summed E-state index contributed by atoms with van der Waals surface area (Å²) in [6, 6.07) is 20.3. The summed E-state index contributed by atoms with van der Waals surface area (Å²) < 4.78 is 0. The fourth-order valence-corrected chi connectivity index (χ4v) is 5.20. The first-order valence-electron chi connectivity index (χ1n) is 11.9. The van der Waals surface area contributed by atoms with Crippen molar-refractivity contribution in [1.82, 2.24) is 9.80 Å². The highest BCUT2D eigenvalue weighted by Gasteiger charge is 2.45. The molecule has 5 nitrogen and oxygen atoms in total. The number of nitrogens with zero attached hydrogens (tertiary/aromatic N) is 3. The summed E-state index contributed by atoms with van der Waals surface area (Å²) in [6.45, 7) is 7.86. The van der Waals surface area contributed by atoms with E-state index in [1.165, 1.54) is 5.56 Å². The molecule has 0 spiro atoms. The molecule has 2 aliphatic rings. The molecule has 2 atom stereocenters. The molecule has 0 aromatic heterocycles. The Labute approximate surface area is 197 Å². The Bertz CT molecular complexity index is 1020. The second-order valence-electron chi connectivity index (χ2n) is 10.1. The van der Waals surface area contributed by atoms with Crippen LogP contribution in [0.1, 0.15) is 57.1 Å². The maximum absolute atomic E-state index is 13.2. The van der Waals surface area contributed by atoms with E-state index in [2.05, 4.69) is 49.9 Å². The van der Waals surface area contributed by atoms with Gasteiger partial charge in [0.2, 0.25) is 5.91 Å². The lowest BCUT2D eigenvalue weighted by molar-refractivity contribution is -0.148. The summed E-state index contributed by atoms with van der Waals surface area (Å²) in [4.78, 5) is 21.9. The lowest BCUT2D eigenvalue weighted by Gasteiger charge is -2.50.